The molecule has 10 heteroatoms. The van der Waals surface area contributed by atoms with Crippen LogP contribution < -0.4 is 5.73 Å². The van der Waals surface area contributed by atoms with Crippen LogP contribution in [0.3, 0.4) is 0 Å². The van der Waals surface area contributed by atoms with E-state index in [0.29, 0.717) is 19.4 Å². The quantitative estimate of drug-likeness (QED) is 0.661. The summed E-state index contributed by atoms with van der Waals surface area (Å²) in [5.41, 5.74) is 5.47. The van der Waals surface area contributed by atoms with E-state index < -0.39 is 38.2 Å². The number of sulfonamides is 1. The molecule has 0 unspecified atom stereocenters. The average Bonchev–Trinajstić information content (AvgIpc) is 2.45. The molecular weight excluding hydrogens is 348 g/mol. The molecular formula is C12H15ClF4N2O2S. The SMILES string of the molecule is Cl.NCC1CCN(S(=O)(=O)c2c(F)c(F)cc(F)c2F)CC1. The van der Waals surface area contributed by atoms with Gasteiger partial charge in [0.1, 0.15) is 0 Å². The summed E-state index contributed by atoms with van der Waals surface area (Å²) >= 11 is 0. The summed E-state index contributed by atoms with van der Waals surface area (Å²) in [5, 5.41) is 0. The molecule has 1 aromatic rings. The smallest absolute Gasteiger partial charge is 0.249 e. The molecule has 22 heavy (non-hydrogen) atoms. The fourth-order valence-corrected chi connectivity index (χ4v) is 3.89. The van der Waals surface area contributed by atoms with Crippen molar-refractivity contribution in [1.29, 1.82) is 0 Å². The lowest BCUT2D eigenvalue weighted by Gasteiger charge is -2.30. The topological polar surface area (TPSA) is 63.4 Å². The summed E-state index contributed by atoms with van der Waals surface area (Å²) in [6.07, 6.45) is 0.855. The first-order valence-electron chi connectivity index (χ1n) is 6.32. The Labute approximate surface area is 131 Å². The summed E-state index contributed by atoms with van der Waals surface area (Å²) in [7, 11) is -4.64. The van der Waals surface area contributed by atoms with Gasteiger partial charge >= 0.3 is 0 Å². The number of nitrogens with two attached hydrogens (primary N) is 1. The van der Waals surface area contributed by atoms with Gasteiger partial charge in [0, 0.05) is 19.2 Å². The second-order valence-corrected chi connectivity index (χ2v) is 6.76. The van der Waals surface area contributed by atoms with E-state index in [1.165, 1.54) is 0 Å². The van der Waals surface area contributed by atoms with Gasteiger partial charge < -0.3 is 5.73 Å². The zero-order valence-electron chi connectivity index (χ0n) is 11.4. The third-order valence-electron chi connectivity index (χ3n) is 3.58. The molecule has 1 aliphatic heterocycles. The van der Waals surface area contributed by atoms with Gasteiger partial charge in [-0.25, -0.2) is 26.0 Å². The van der Waals surface area contributed by atoms with Crippen LogP contribution in [0.25, 0.3) is 0 Å². The molecule has 1 heterocycles. The zero-order chi connectivity index (χ0) is 15.8. The van der Waals surface area contributed by atoms with Gasteiger partial charge in [-0.15, -0.1) is 12.4 Å². The molecule has 0 saturated carbocycles. The van der Waals surface area contributed by atoms with Crippen molar-refractivity contribution in [3.63, 3.8) is 0 Å². The first kappa shape index (κ1) is 19.1. The average molecular weight is 363 g/mol. The van der Waals surface area contributed by atoms with Crippen LogP contribution in [-0.2, 0) is 10.0 Å². The first-order chi connectivity index (χ1) is 9.78. The molecule has 1 fully saturated rings. The van der Waals surface area contributed by atoms with Crippen molar-refractivity contribution in [3.05, 3.63) is 29.3 Å². The molecule has 0 atom stereocenters. The predicted octanol–water partition coefficient (Wildman–Crippen LogP) is 2.02. The molecule has 126 valence electrons. The largest absolute Gasteiger partial charge is 0.330 e. The van der Waals surface area contributed by atoms with E-state index in [0.717, 1.165) is 4.31 Å². The third-order valence-corrected chi connectivity index (χ3v) is 5.50. The summed E-state index contributed by atoms with van der Waals surface area (Å²) in [5.74, 6) is -7.19. The lowest BCUT2D eigenvalue weighted by molar-refractivity contribution is 0.276. The van der Waals surface area contributed by atoms with Gasteiger partial charge in [-0.05, 0) is 25.3 Å². The molecule has 2 N–H and O–H groups in total. The molecule has 1 saturated heterocycles. The number of benzene rings is 1. The van der Waals surface area contributed by atoms with Gasteiger partial charge in [0.05, 0.1) is 0 Å². The van der Waals surface area contributed by atoms with Gasteiger partial charge in [0.25, 0.3) is 0 Å². The lowest BCUT2D eigenvalue weighted by atomic mass is 9.99. The Hall–Kier alpha value is -0.900. The Kier molecular flexibility index (Phi) is 6.19. The van der Waals surface area contributed by atoms with Crippen molar-refractivity contribution >= 4 is 22.4 Å². The van der Waals surface area contributed by atoms with Crippen LogP contribution in [0, 0.1) is 29.2 Å². The highest BCUT2D eigenvalue weighted by Gasteiger charge is 2.36. The number of piperidine rings is 1. The number of hydrogen-bond acceptors (Lipinski definition) is 3. The fourth-order valence-electron chi connectivity index (χ4n) is 2.29. The standard InChI is InChI=1S/C12H14F4N2O2S.ClH/c13-8-5-9(14)11(16)12(10(8)15)21(19,20)18-3-1-7(6-17)2-4-18;/h5,7H,1-4,6,17H2;1H. The zero-order valence-corrected chi connectivity index (χ0v) is 13.0. The van der Waals surface area contributed by atoms with Crippen molar-refractivity contribution < 1.29 is 26.0 Å². The van der Waals surface area contributed by atoms with Gasteiger partial charge in [0.15, 0.2) is 28.2 Å². The second kappa shape index (κ2) is 7.12. The maximum atomic E-state index is 13.6. The van der Waals surface area contributed by atoms with Gasteiger partial charge in [0.2, 0.25) is 10.0 Å². The molecule has 1 aromatic carbocycles. The molecule has 0 aliphatic carbocycles. The van der Waals surface area contributed by atoms with E-state index in [1.807, 2.05) is 0 Å². The molecule has 1 aliphatic rings. The molecule has 0 amide bonds. The summed E-state index contributed by atoms with van der Waals surface area (Å²) in [6, 6.07) is -0.0235. The van der Waals surface area contributed by atoms with Crippen molar-refractivity contribution in [3.8, 4) is 0 Å². The summed E-state index contributed by atoms with van der Waals surface area (Å²) < 4.78 is 78.8. The monoisotopic (exact) mass is 362 g/mol. The number of nitrogens with zero attached hydrogens (tertiary/aromatic N) is 1. The van der Waals surface area contributed by atoms with Crippen LogP contribution >= 0.6 is 12.4 Å². The number of halogens is 5. The van der Waals surface area contributed by atoms with E-state index in [-0.39, 0.29) is 37.5 Å². The Bertz CT molecular complexity index is 623. The van der Waals surface area contributed by atoms with E-state index in [4.69, 9.17) is 5.73 Å². The second-order valence-electron chi connectivity index (χ2n) is 4.88. The first-order valence-corrected chi connectivity index (χ1v) is 7.76. The Balaban J connectivity index is 0.00000242. The van der Waals surface area contributed by atoms with Crippen molar-refractivity contribution in [1.82, 2.24) is 4.31 Å². The third kappa shape index (κ3) is 3.37. The van der Waals surface area contributed by atoms with Crippen LogP contribution in [-0.4, -0.2) is 32.4 Å². The van der Waals surface area contributed by atoms with E-state index in [1.54, 1.807) is 0 Å². The Morgan fingerprint density at radius 3 is 1.95 bits per heavy atom. The maximum absolute atomic E-state index is 13.6. The Morgan fingerprint density at radius 1 is 1.09 bits per heavy atom. The van der Waals surface area contributed by atoms with Crippen LogP contribution in [0.15, 0.2) is 11.0 Å². The summed E-state index contributed by atoms with van der Waals surface area (Å²) in [6.45, 7) is 0.383. The van der Waals surface area contributed by atoms with Gasteiger partial charge in [-0.2, -0.15) is 4.31 Å². The van der Waals surface area contributed by atoms with Gasteiger partial charge in [-0.1, -0.05) is 0 Å². The van der Waals surface area contributed by atoms with Gasteiger partial charge in [-0.3, -0.25) is 0 Å². The highest BCUT2D eigenvalue weighted by atomic mass is 35.5. The number of hydrogen-bond donors (Lipinski definition) is 1. The van der Waals surface area contributed by atoms with Crippen molar-refractivity contribution in [2.75, 3.05) is 19.6 Å². The minimum atomic E-state index is -4.64. The van der Waals surface area contributed by atoms with E-state index in [9.17, 15) is 26.0 Å². The molecule has 4 nitrogen and oxygen atoms in total. The van der Waals surface area contributed by atoms with Crippen molar-refractivity contribution in [2.24, 2.45) is 11.7 Å². The molecule has 2 rings (SSSR count). The molecule has 0 bridgehead atoms. The van der Waals surface area contributed by atoms with Crippen LogP contribution in [0.2, 0.25) is 0 Å². The molecule has 0 radical (unpaired) electrons. The Morgan fingerprint density at radius 2 is 1.55 bits per heavy atom. The minimum absolute atomic E-state index is 0. The summed E-state index contributed by atoms with van der Waals surface area (Å²) in [4.78, 5) is -1.58. The predicted molar refractivity (Wildman–Crippen MR) is 74.1 cm³/mol. The maximum Gasteiger partial charge on any atom is 0.249 e. The van der Waals surface area contributed by atoms with E-state index in [2.05, 4.69) is 0 Å². The van der Waals surface area contributed by atoms with Crippen LogP contribution in [0.5, 0.6) is 0 Å². The van der Waals surface area contributed by atoms with Crippen molar-refractivity contribution in [2.45, 2.75) is 17.7 Å². The number of rotatable bonds is 3. The fraction of sp³-hybridized carbons (Fsp3) is 0.500. The van der Waals surface area contributed by atoms with Crippen LogP contribution in [0.4, 0.5) is 17.6 Å². The highest BCUT2D eigenvalue weighted by molar-refractivity contribution is 7.89. The minimum Gasteiger partial charge on any atom is -0.330 e. The molecule has 0 aromatic heterocycles. The lowest BCUT2D eigenvalue weighted by Crippen LogP contribution is -2.40. The van der Waals surface area contributed by atoms with Crippen LogP contribution in [0.1, 0.15) is 12.8 Å². The normalized spacial score (nSPS) is 17.3. The van der Waals surface area contributed by atoms with E-state index >= 15 is 0 Å². The molecule has 0 spiro atoms. The highest BCUT2D eigenvalue weighted by Crippen LogP contribution is 2.29.